The van der Waals surface area contributed by atoms with E-state index >= 15 is 0 Å². The van der Waals surface area contributed by atoms with Crippen LogP contribution >= 0.6 is 0 Å². The van der Waals surface area contributed by atoms with Crippen molar-refractivity contribution in [2.45, 2.75) is 13.3 Å². The minimum absolute atomic E-state index is 0.00268. The van der Waals surface area contributed by atoms with Crippen LogP contribution in [0.4, 0.5) is 8.78 Å². The Labute approximate surface area is 104 Å². The van der Waals surface area contributed by atoms with Crippen LogP contribution < -0.4 is 5.32 Å². The van der Waals surface area contributed by atoms with Crippen LogP contribution in [0.5, 0.6) is 5.75 Å². The summed E-state index contributed by atoms with van der Waals surface area (Å²) in [7, 11) is 0. The lowest BCUT2D eigenvalue weighted by Gasteiger charge is -2.08. The highest BCUT2D eigenvalue weighted by molar-refractivity contribution is 5.96. The third-order valence-corrected chi connectivity index (χ3v) is 2.17. The standard InChI is InChI=1S/C12H15F2NO3/c1-8-2-3-9(10(16)6-8)12(17)15-4-5-18-7-11(13)14/h2-3,6,11,16H,4-5,7H2,1H3,(H,15,17). The van der Waals surface area contributed by atoms with E-state index in [1.807, 2.05) is 0 Å². The van der Waals surface area contributed by atoms with Gasteiger partial charge in [0.2, 0.25) is 0 Å². The first kappa shape index (κ1) is 14.4. The molecule has 0 aliphatic carbocycles. The second-order valence-corrected chi connectivity index (χ2v) is 3.74. The molecule has 1 aromatic rings. The summed E-state index contributed by atoms with van der Waals surface area (Å²) in [6.07, 6.45) is -2.51. The van der Waals surface area contributed by atoms with Crippen LogP contribution in [0.3, 0.4) is 0 Å². The lowest BCUT2D eigenvalue weighted by Crippen LogP contribution is -2.27. The normalized spacial score (nSPS) is 10.7. The van der Waals surface area contributed by atoms with Gasteiger partial charge in [0.1, 0.15) is 12.4 Å². The molecule has 0 fully saturated rings. The number of halogens is 2. The van der Waals surface area contributed by atoms with Crippen molar-refractivity contribution in [3.63, 3.8) is 0 Å². The van der Waals surface area contributed by atoms with Crippen LogP contribution in [-0.2, 0) is 4.74 Å². The van der Waals surface area contributed by atoms with Crippen molar-refractivity contribution < 1.29 is 23.4 Å². The van der Waals surface area contributed by atoms with E-state index in [0.29, 0.717) is 0 Å². The number of phenols is 1. The molecule has 4 nitrogen and oxygen atoms in total. The number of carbonyl (C=O) groups is 1. The lowest BCUT2D eigenvalue weighted by molar-refractivity contribution is 0.0188. The van der Waals surface area contributed by atoms with E-state index in [1.165, 1.54) is 12.1 Å². The number of nitrogens with one attached hydrogen (secondary N) is 1. The van der Waals surface area contributed by atoms with E-state index in [1.54, 1.807) is 13.0 Å². The molecule has 0 atom stereocenters. The number of rotatable bonds is 6. The smallest absolute Gasteiger partial charge is 0.261 e. The predicted octanol–water partition coefficient (Wildman–Crippen LogP) is 1.71. The number of aromatic hydroxyl groups is 1. The number of amides is 1. The van der Waals surface area contributed by atoms with Crippen LogP contribution in [0.1, 0.15) is 15.9 Å². The van der Waals surface area contributed by atoms with Crippen molar-refractivity contribution >= 4 is 5.91 Å². The van der Waals surface area contributed by atoms with Crippen molar-refractivity contribution in [2.24, 2.45) is 0 Å². The summed E-state index contributed by atoms with van der Waals surface area (Å²) in [6.45, 7) is 1.26. The maximum atomic E-state index is 11.7. The fourth-order valence-electron chi connectivity index (χ4n) is 1.34. The molecule has 100 valence electrons. The quantitative estimate of drug-likeness (QED) is 0.765. The van der Waals surface area contributed by atoms with E-state index in [2.05, 4.69) is 10.1 Å². The Kier molecular flexibility index (Phi) is 5.51. The van der Waals surface area contributed by atoms with Crippen molar-refractivity contribution in [1.29, 1.82) is 0 Å². The molecule has 6 heteroatoms. The van der Waals surface area contributed by atoms with Crippen LogP contribution in [0, 0.1) is 6.92 Å². The predicted molar refractivity (Wildman–Crippen MR) is 62.0 cm³/mol. The van der Waals surface area contributed by atoms with Gasteiger partial charge in [-0.3, -0.25) is 4.79 Å². The van der Waals surface area contributed by atoms with Crippen molar-refractivity contribution in [2.75, 3.05) is 19.8 Å². The second kappa shape index (κ2) is 6.90. The third-order valence-electron chi connectivity index (χ3n) is 2.17. The average molecular weight is 259 g/mol. The zero-order valence-corrected chi connectivity index (χ0v) is 9.95. The molecule has 0 unspecified atom stereocenters. The summed E-state index contributed by atoms with van der Waals surface area (Å²) in [5, 5.41) is 12.0. The van der Waals surface area contributed by atoms with E-state index in [-0.39, 0.29) is 24.5 Å². The van der Waals surface area contributed by atoms with E-state index in [9.17, 15) is 18.7 Å². The van der Waals surface area contributed by atoms with Gasteiger partial charge in [-0.25, -0.2) is 8.78 Å². The molecule has 0 aromatic heterocycles. The van der Waals surface area contributed by atoms with E-state index < -0.39 is 18.9 Å². The van der Waals surface area contributed by atoms with Gasteiger partial charge in [0.15, 0.2) is 0 Å². The van der Waals surface area contributed by atoms with Crippen molar-refractivity contribution in [3.05, 3.63) is 29.3 Å². The summed E-state index contributed by atoms with van der Waals surface area (Å²) in [6, 6.07) is 4.67. The highest BCUT2D eigenvalue weighted by Crippen LogP contribution is 2.17. The molecular formula is C12H15F2NO3. The van der Waals surface area contributed by atoms with Crippen LogP contribution in [-0.4, -0.2) is 37.2 Å². The molecule has 0 bridgehead atoms. The van der Waals surface area contributed by atoms with Gasteiger partial charge in [-0.05, 0) is 24.6 Å². The molecule has 0 heterocycles. The van der Waals surface area contributed by atoms with Crippen molar-refractivity contribution in [1.82, 2.24) is 5.32 Å². The van der Waals surface area contributed by atoms with Crippen LogP contribution in [0.2, 0.25) is 0 Å². The topological polar surface area (TPSA) is 58.6 Å². The summed E-state index contributed by atoms with van der Waals surface area (Å²) in [5.41, 5.74) is 0.985. The monoisotopic (exact) mass is 259 g/mol. The van der Waals surface area contributed by atoms with Gasteiger partial charge in [-0.1, -0.05) is 6.07 Å². The molecular weight excluding hydrogens is 244 g/mol. The summed E-state index contributed by atoms with van der Waals surface area (Å²) in [4.78, 5) is 11.6. The zero-order valence-electron chi connectivity index (χ0n) is 9.95. The number of alkyl halides is 2. The number of hydrogen-bond donors (Lipinski definition) is 2. The van der Waals surface area contributed by atoms with Gasteiger partial charge in [0.25, 0.3) is 12.3 Å². The first-order chi connectivity index (χ1) is 8.50. The average Bonchev–Trinajstić information content (AvgIpc) is 2.27. The fraction of sp³-hybridized carbons (Fsp3) is 0.417. The van der Waals surface area contributed by atoms with E-state index in [0.717, 1.165) is 5.56 Å². The molecule has 0 radical (unpaired) electrons. The lowest BCUT2D eigenvalue weighted by atomic mass is 10.1. The second-order valence-electron chi connectivity index (χ2n) is 3.74. The molecule has 1 rings (SSSR count). The maximum absolute atomic E-state index is 11.7. The highest BCUT2D eigenvalue weighted by atomic mass is 19.3. The van der Waals surface area contributed by atoms with Crippen LogP contribution in [0.15, 0.2) is 18.2 Å². The Morgan fingerprint density at radius 2 is 2.22 bits per heavy atom. The number of phenolic OH excluding ortho intramolecular Hbond substituents is 1. The molecule has 0 aliphatic rings. The van der Waals surface area contributed by atoms with Crippen LogP contribution in [0.25, 0.3) is 0 Å². The number of ether oxygens (including phenoxy) is 1. The molecule has 2 N–H and O–H groups in total. The van der Waals surface area contributed by atoms with E-state index in [4.69, 9.17) is 0 Å². The molecule has 0 spiro atoms. The molecule has 0 aliphatic heterocycles. The Hall–Kier alpha value is -1.69. The Balaban J connectivity index is 2.36. The minimum Gasteiger partial charge on any atom is -0.507 e. The van der Waals surface area contributed by atoms with Gasteiger partial charge < -0.3 is 15.2 Å². The number of hydrogen-bond acceptors (Lipinski definition) is 3. The fourth-order valence-corrected chi connectivity index (χ4v) is 1.34. The zero-order chi connectivity index (χ0) is 13.5. The summed E-state index contributed by atoms with van der Waals surface area (Å²) < 4.78 is 28.1. The third kappa shape index (κ3) is 4.67. The number of aryl methyl sites for hydroxylation is 1. The first-order valence-electron chi connectivity index (χ1n) is 5.44. The van der Waals surface area contributed by atoms with Gasteiger partial charge in [0.05, 0.1) is 12.2 Å². The first-order valence-corrected chi connectivity index (χ1v) is 5.44. The van der Waals surface area contributed by atoms with Gasteiger partial charge in [-0.2, -0.15) is 0 Å². The highest BCUT2D eigenvalue weighted by Gasteiger charge is 2.10. The SMILES string of the molecule is Cc1ccc(C(=O)NCCOCC(F)F)c(O)c1. The Morgan fingerprint density at radius 3 is 2.83 bits per heavy atom. The number of benzene rings is 1. The molecule has 1 aromatic carbocycles. The Morgan fingerprint density at radius 1 is 1.50 bits per heavy atom. The summed E-state index contributed by atoms with van der Waals surface area (Å²) >= 11 is 0. The summed E-state index contributed by atoms with van der Waals surface area (Å²) in [5.74, 6) is -0.575. The molecule has 0 saturated carbocycles. The van der Waals surface area contributed by atoms with Gasteiger partial charge >= 0.3 is 0 Å². The molecule has 18 heavy (non-hydrogen) atoms. The van der Waals surface area contributed by atoms with Gasteiger partial charge in [0, 0.05) is 6.54 Å². The number of carbonyl (C=O) groups excluding carboxylic acids is 1. The maximum Gasteiger partial charge on any atom is 0.261 e. The molecule has 1 amide bonds. The van der Waals surface area contributed by atoms with Gasteiger partial charge in [-0.15, -0.1) is 0 Å². The molecule has 0 saturated heterocycles. The van der Waals surface area contributed by atoms with Crippen molar-refractivity contribution in [3.8, 4) is 5.75 Å². The minimum atomic E-state index is -2.51. The largest absolute Gasteiger partial charge is 0.507 e. The Bertz CT molecular complexity index is 410.